The number of hydrogen-bond donors (Lipinski definition) is 3. The van der Waals surface area contributed by atoms with Crippen LogP contribution in [0.1, 0.15) is 22.3 Å². The number of fused-ring (bicyclic) bond motifs is 2. The van der Waals surface area contributed by atoms with Gasteiger partial charge in [0.05, 0.1) is 18.7 Å². The molecule has 0 fully saturated rings. The third-order valence-electron chi connectivity index (χ3n) is 6.17. The Morgan fingerprint density at radius 1 is 1.03 bits per heavy atom. The van der Waals surface area contributed by atoms with Crippen LogP contribution in [0, 0.1) is 11.3 Å². The van der Waals surface area contributed by atoms with Gasteiger partial charge < -0.3 is 20.0 Å². The fourth-order valence-corrected chi connectivity index (χ4v) is 4.36. The summed E-state index contributed by atoms with van der Waals surface area (Å²) in [6, 6.07) is 23.7. The number of nitrogens with one attached hydrogen (secondary N) is 3. The molecule has 34 heavy (non-hydrogen) atoms. The van der Waals surface area contributed by atoms with Crippen molar-refractivity contribution in [3.63, 3.8) is 0 Å². The number of rotatable bonds is 7. The lowest BCUT2D eigenvalue weighted by atomic mass is 9.99. The van der Waals surface area contributed by atoms with Gasteiger partial charge in [-0.2, -0.15) is 5.26 Å². The summed E-state index contributed by atoms with van der Waals surface area (Å²) in [5.74, 6) is -0.444. The number of aromatic amines is 2. The van der Waals surface area contributed by atoms with Gasteiger partial charge in [0.2, 0.25) is 0 Å². The van der Waals surface area contributed by atoms with Gasteiger partial charge in [0, 0.05) is 34.5 Å². The monoisotopic (exact) mass is 448 g/mol. The Morgan fingerprint density at radius 2 is 1.85 bits per heavy atom. The van der Waals surface area contributed by atoms with E-state index in [1.165, 1.54) is 12.7 Å². The first-order chi connectivity index (χ1) is 16.7. The fourth-order valence-electron chi connectivity index (χ4n) is 4.36. The molecule has 3 N–H and O–H groups in total. The summed E-state index contributed by atoms with van der Waals surface area (Å²) < 4.78 is 5.04. The Balaban J connectivity index is 1.39. The lowest BCUT2D eigenvalue weighted by Crippen LogP contribution is -2.20. The normalized spacial score (nSPS) is 11.9. The number of ether oxygens (including phenoxy) is 1. The minimum Gasteiger partial charge on any atom is -0.465 e. The molecular formula is C28H24N4O2. The van der Waals surface area contributed by atoms with Crippen LogP contribution in [0.15, 0.2) is 79.1 Å². The molecule has 1 atom stereocenters. The topological polar surface area (TPSA) is 93.7 Å². The summed E-state index contributed by atoms with van der Waals surface area (Å²) in [5, 5.41) is 15.3. The van der Waals surface area contributed by atoms with Gasteiger partial charge in [-0.3, -0.25) is 0 Å². The Kier molecular flexibility index (Phi) is 5.75. The van der Waals surface area contributed by atoms with E-state index in [4.69, 9.17) is 4.74 Å². The second-order valence-electron chi connectivity index (χ2n) is 8.26. The van der Waals surface area contributed by atoms with E-state index in [-0.39, 0.29) is 0 Å². The average Bonchev–Trinajstić information content (AvgIpc) is 3.52. The summed E-state index contributed by atoms with van der Waals surface area (Å²) in [4.78, 5) is 19.1. The molecule has 2 heterocycles. The number of H-pyrrole nitrogens is 2. The van der Waals surface area contributed by atoms with Crippen molar-refractivity contribution in [1.29, 1.82) is 5.26 Å². The molecule has 0 aliphatic carbocycles. The van der Waals surface area contributed by atoms with E-state index >= 15 is 0 Å². The molecule has 1 unspecified atom stereocenters. The van der Waals surface area contributed by atoms with Crippen LogP contribution < -0.4 is 5.32 Å². The smallest absolute Gasteiger partial charge is 0.339 e. The number of benzene rings is 3. The van der Waals surface area contributed by atoms with E-state index < -0.39 is 12.0 Å². The summed E-state index contributed by atoms with van der Waals surface area (Å²) in [6.45, 7) is 0. The number of carbonyl (C=O) groups excluding carboxylic acids is 1. The van der Waals surface area contributed by atoms with Crippen molar-refractivity contribution in [2.45, 2.75) is 18.9 Å². The highest BCUT2D eigenvalue weighted by Crippen LogP contribution is 2.29. The van der Waals surface area contributed by atoms with Gasteiger partial charge in [0.25, 0.3) is 0 Å². The van der Waals surface area contributed by atoms with Crippen molar-refractivity contribution < 1.29 is 9.53 Å². The second kappa shape index (κ2) is 9.16. The molecule has 5 rings (SSSR count). The molecule has 3 aromatic carbocycles. The Bertz CT molecular complexity index is 1520. The van der Waals surface area contributed by atoms with Crippen molar-refractivity contribution >= 4 is 33.5 Å². The van der Waals surface area contributed by atoms with Crippen LogP contribution in [0.25, 0.3) is 32.9 Å². The highest BCUT2D eigenvalue weighted by molar-refractivity contribution is 5.98. The van der Waals surface area contributed by atoms with Crippen LogP contribution in [0.4, 0.5) is 5.69 Å². The van der Waals surface area contributed by atoms with Gasteiger partial charge >= 0.3 is 5.97 Å². The quantitative estimate of drug-likeness (QED) is 0.265. The number of hydrogen-bond acceptors (Lipinski definition) is 4. The highest BCUT2D eigenvalue weighted by atomic mass is 16.5. The third kappa shape index (κ3) is 4.12. The number of nitriles is 1. The van der Waals surface area contributed by atoms with E-state index in [2.05, 4.69) is 33.5 Å². The molecule has 0 radical (unpaired) electrons. The largest absolute Gasteiger partial charge is 0.465 e. The molecule has 0 amide bonds. The SMILES string of the molecule is COC(=O)c1cc(-c2ccc3[nH]ccc3c2)ccc1NC(C#N)CCc1c[nH]c2ccccc12. The summed E-state index contributed by atoms with van der Waals surface area (Å²) >= 11 is 0. The zero-order valence-electron chi connectivity index (χ0n) is 18.8. The Labute approximate surface area is 197 Å². The Morgan fingerprint density at radius 3 is 2.71 bits per heavy atom. The van der Waals surface area contributed by atoms with Crippen molar-refractivity contribution in [2.24, 2.45) is 0 Å². The predicted molar refractivity (Wildman–Crippen MR) is 135 cm³/mol. The number of esters is 1. The summed E-state index contributed by atoms with van der Waals surface area (Å²) in [7, 11) is 1.36. The maximum absolute atomic E-state index is 12.6. The Hall–Kier alpha value is -4.50. The maximum Gasteiger partial charge on any atom is 0.339 e. The van der Waals surface area contributed by atoms with Crippen LogP contribution in [0.2, 0.25) is 0 Å². The summed E-state index contributed by atoms with van der Waals surface area (Å²) in [6.07, 6.45) is 5.23. The third-order valence-corrected chi connectivity index (χ3v) is 6.17. The number of aryl methyl sites for hydroxylation is 1. The number of anilines is 1. The van der Waals surface area contributed by atoms with E-state index in [0.29, 0.717) is 17.7 Å². The van der Waals surface area contributed by atoms with Crippen LogP contribution in [-0.2, 0) is 11.2 Å². The summed E-state index contributed by atoms with van der Waals surface area (Å²) in [5.41, 5.74) is 6.20. The first-order valence-corrected chi connectivity index (χ1v) is 11.2. The van der Waals surface area contributed by atoms with Gasteiger partial charge in [-0.15, -0.1) is 0 Å². The van der Waals surface area contributed by atoms with E-state index in [9.17, 15) is 10.1 Å². The zero-order chi connectivity index (χ0) is 23.5. The van der Waals surface area contributed by atoms with Crippen LogP contribution >= 0.6 is 0 Å². The van der Waals surface area contributed by atoms with Gasteiger partial charge in [-0.05, 0) is 71.3 Å². The van der Waals surface area contributed by atoms with Gasteiger partial charge in [0.1, 0.15) is 6.04 Å². The molecule has 0 aliphatic rings. The number of aromatic nitrogens is 2. The van der Waals surface area contributed by atoms with Gasteiger partial charge in [-0.1, -0.05) is 30.3 Å². The van der Waals surface area contributed by atoms with Gasteiger partial charge in [-0.25, -0.2) is 4.79 Å². The molecule has 0 aliphatic heterocycles. The lowest BCUT2D eigenvalue weighted by molar-refractivity contribution is 0.0602. The standard InChI is InChI=1S/C28H24N4O2/c1-34-28(33)24-15-19(18-7-10-25-20(14-18)12-13-30-25)8-11-27(24)32-22(16-29)9-6-21-17-31-26-5-3-2-4-23(21)26/h2-5,7-8,10-15,17,22,30-32H,6,9H2,1H3. The molecule has 5 aromatic rings. The number of nitrogens with zero attached hydrogens (tertiary/aromatic N) is 1. The minimum atomic E-state index is -0.459. The fraction of sp³-hybridized carbons (Fsp3) is 0.143. The highest BCUT2D eigenvalue weighted by Gasteiger charge is 2.17. The molecule has 6 heteroatoms. The molecule has 2 aromatic heterocycles. The number of carbonyl (C=O) groups is 1. The molecule has 0 bridgehead atoms. The van der Waals surface area contributed by atoms with Gasteiger partial charge in [0.15, 0.2) is 0 Å². The van der Waals surface area contributed by atoms with Crippen LogP contribution in [0.5, 0.6) is 0 Å². The molecule has 0 saturated heterocycles. The van der Waals surface area contributed by atoms with Crippen molar-refractivity contribution in [3.8, 4) is 17.2 Å². The van der Waals surface area contributed by atoms with E-state index in [1.807, 2.05) is 67.0 Å². The van der Waals surface area contributed by atoms with E-state index in [1.54, 1.807) is 0 Å². The molecule has 6 nitrogen and oxygen atoms in total. The number of methoxy groups -OCH3 is 1. The number of para-hydroxylation sites is 1. The molecule has 0 spiro atoms. The average molecular weight is 449 g/mol. The first-order valence-electron chi connectivity index (χ1n) is 11.2. The van der Waals surface area contributed by atoms with Crippen molar-refractivity contribution in [3.05, 3.63) is 90.3 Å². The van der Waals surface area contributed by atoms with Crippen LogP contribution in [0.3, 0.4) is 0 Å². The van der Waals surface area contributed by atoms with Crippen LogP contribution in [-0.4, -0.2) is 29.1 Å². The van der Waals surface area contributed by atoms with E-state index in [0.717, 1.165) is 39.4 Å². The first kappa shape index (κ1) is 21.4. The zero-order valence-corrected chi connectivity index (χ0v) is 18.8. The van der Waals surface area contributed by atoms with Crippen molar-refractivity contribution in [1.82, 2.24) is 9.97 Å². The lowest BCUT2D eigenvalue weighted by Gasteiger charge is -2.16. The minimum absolute atomic E-state index is 0.404. The molecular weight excluding hydrogens is 424 g/mol. The molecule has 168 valence electrons. The van der Waals surface area contributed by atoms with Crippen molar-refractivity contribution in [2.75, 3.05) is 12.4 Å². The second-order valence-corrected chi connectivity index (χ2v) is 8.26. The molecule has 0 saturated carbocycles. The maximum atomic E-state index is 12.6. The predicted octanol–water partition coefficient (Wildman–Crippen LogP) is 6.04.